The van der Waals surface area contributed by atoms with E-state index in [0.29, 0.717) is 5.56 Å². The summed E-state index contributed by atoms with van der Waals surface area (Å²) in [6, 6.07) is 6.47. The highest BCUT2D eigenvalue weighted by molar-refractivity contribution is 5.76. The number of rotatable bonds is 4. The van der Waals surface area contributed by atoms with E-state index in [1.165, 1.54) is 6.07 Å². The minimum Gasteiger partial charge on any atom is -0.508 e. The maximum atomic E-state index is 11.1. The third-order valence-corrected chi connectivity index (χ3v) is 2.71. The molecule has 0 aliphatic heterocycles. The monoisotopic (exact) mass is 208 g/mol. The van der Waals surface area contributed by atoms with Crippen molar-refractivity contribution >= 4 is 5.97 Å². The van der Waals surface area contributed by atoms with Crippen LogP contribution in [0.4, 0.5) is 0 Å². The molecule has 0 amide bonds. The van der Waals surface area contributed by atoms with Crippen LogP contribution >= 0.6 is 0 Å². The zero-order valence-corrected chi connectivity index (χ0v) is 8.97. The molecule has 0 heterocycles. The fourth-order valence-corrected chi connectivity index (χ4v) is 1.67. The van der Waals surface area contributed by atoms with Crippen molar-refractivity contribution in [3.63, 3.8) is 0 Å². The van der Waals surface area contributed by atoms with E-state index in [-0.39, 0.29) is 11.7 Å². The first-order valence-corrected chi connectivity index (χ1v) is 5.08. The van der Waals surface area contributed by atoms with Crippen molar-refractivity contribution in [3.05, 3.63) is 29.8 Å². The van der Waals surface area contributed by atoms with Crippen molar-refractivity contribution in [3.8, 4) is 5.75 Å². The summed E-state index contributed by atoms with van der Waals surface area (Å²) in [5.41, 5.74) is 0.664. The molecule has 0 aliphatic carbocycles. The van der Waals surface area contributed by atoms with Gasteiger partial charge in [-0.2, -0.15) is 0 Å². The molecule has 0 saturated carbocycles. The molecule has 0 aromatic heterocycles. The smallest absolute Gasteiger partial charge is 0.311 e. The highest BCUT2D eigenvalue weighted by Gasteiger charge is 2.25. The van der Waals surface area contributed by atoms with Crippen LogP contribution in [0.5, 0.6) is 5.75 Å². The Kier molecular flexibility index (Phi) is 3.72. The number of carbonyl (C=O) groups is 1. The number of benzene rings is 1. The predicted octanol–water partition coefficient (Wildman–Crippen LogP) is 2.61. The molecule has 2 N–H and O–H groups in total. The number of carboxylic acids is 1. The lowest BCUT2D eigenvalue weighted by Gasteiger charge is -2.19. The molecule has 2 atom stereocenters. The van der Waals surface area contributed by atoms with E-state index >= 15 is 0 Å². The van der Waals surface area contributed by atoms with Crippen LogP contribution in [-0.4, -0.2) is 16.2 Å². The molecule has 0 spiro atoms. The molecule has 0 aliphatic rings. The van der Waals surface area contributed by atoms with Gasteiger partial charge in [0.15, 0.2) is 0 Å². The Balaban J connectivity index is 3.04. The predicted molar refractivity (Wildman–Crippen MR) is 57.9 cm³/mol. The molecule has 3 nitrogen and oxygen atoms in total. The summed E-state index contributed by atoms with van der Waals surface area (Å²) in [5.74, 6) is -1.21. The third kappa shape index (κ3) is 2.72. The first kappa shape index (κ1) is 11.6. The number of phenolic OH excluding ortho intramolecular Hbond substituents is 1. The number of aromatic hydroxyl groups is 1. The van der Waals surface area contributed by atoms with Gasteiger partial charge in [0, 0.05) is 0 Å². The van der Waals surface area contributed by atoms with E-state index in [1.54, 1.807) is 18.2 Å². The van der Waals surface area contributed by atoms with E-state index < -0.39 is 11.9 Å². The average molecular weight is 208 g/mol. The normalized spacial score (nSPS) is 14.5. The summed E-state index contributed by atoms with van der Waals surface area (Å²) in [6.45, 7) is 3.87. The second kappa shape index (κ2) is 4.82. The van der Waals surface area contributed by atoms with Crippen molar-refractivity contribution in [2.75, 3.05) is 0 Å². The Labute approximate surface area is 89.4 Å². The maximum absolute atomic E-state index is 11.1. The number of phenols is 1. The zero-order chi connectivity index (χ0) is 11.4. The van der Waals surface area contributed by atoms with E-state index in [1.807, 2.05) is 13.8 Å². The van der Waals surface area contributed by atoms with Crippen molar-refractivity contribution in [2.45, 2.75) is 26.2 Å². The van der Waals surface area contributed by atoms with Gasteiger partial charge >= 0.3 is 5.97 Å². The Bertz CT molecular complexity index is 346. The summed E-state index contributed by atoms with van der Waals surface area (Å²) in [4.78, 5) is 11.1. The van der Waals surface area contributed by atoms with Gasteiger partial charge in [-0.25, -0.2) is 0 Å². The molecule has 1 aromatic rings. The van der Waals surface area contributed by atoms with Gasteiger partial charge in [-0.3, -0.25) is 4.79 Å². The van der Waals surface area contributed by atoms with E-state index in [9.17, 15) is 9.90 Å². The molecule has 15 heavy (non-hydrogen) atoms. The van der Waals surface area contributed by atoms with Crippen LogP contribution in [0.1, 0.15) is 31.7 Å². The number of carboxylic acid groups (broad SMARTS) is 1. The zero-order valence-electron chi connectivity index (χ0n) is 8.97. The van der Waals surface area contributed by atoms with Gasteiger partial charge in [0.1, 0.15) is 5.75 Å². The summed E-state index contributed by atoms with van der Waals surface area (Å²) in [7, 11) is 0. The van der Waals surface area contributed by atoms with Gasteiger partial charge in [-0.15, -0.1) is 0 Å². The summed E-state index contributed by atoms with van der Waals surface area (Å²) >= 11 is 0. The maximum Gasteiger partial charge on any atom is 0.311 e. The molecule has 0 fully saturated rings. The first-order chi connectivity index (χ1) is 7.06. The molecule has 2 unspecified atom stereocenters. The average Bonchev–Trinajstić information content (AvgIpc) is 2.17. The van der Waals surface area contributed by atoms with Crippen LogP contribution in [0.25, 0.3) is 0 Å². The minimum absolute atomic E-state index is 0.0595. The Hall–Kier alpha value is -1.51. The van der Waals surface area contributed by atoms with E-state index in [4.69, 9.17) is 5.11 Å². The molecule has 0 bridgehead atoms. The van der Waals surface area contributed by atoms with Crippen molar-refractivity contribution < 1.29 is 15.0 Å². The molecule has 1 rings (SSSR count). The second-order valence-corrected chi connectivity index (χ2v) is 3.80. The van der Waals surface area contributed by atoms with E-state index in [2.05, 4.69) is 0 Å². The van der Waals surface area contributed by atoms with E-state index in [0.717, 1.165) is 6.42 Å². The standard InChI is InChI=1S/C12H16O3/c1-3-8(2)11(12(14)15)9-5-4-6-10(13)7-9/h4-8,11,13H,3H2,1-2H3,(H,14,15). The lowest BCUT2D eigenvalue weighted by molar-refractivity contribution is -0.140. The van der Waals surface area contributed by atoms with Crippen LogP contribution in [0.3, 0.4) is 0 Å². The highest BCUT2D eigenvalue weighted by Crippen LogP contribution is 2.29. The molecular weight excluding hydrogens is 192 g/mol. The molecule has 0 saturated heterocycles. The third-order valence-electron chi connectivity index (χ3n) is 2.71. The Morgan fingerprint density at radius 2 is 2.13 bits per heavy atom. The lowest BCUT2D eigenvalue weighted by atomic mass is 9.85. The molecule has 1 aromatic carbocycles. The SMILES string of the molecule is CCC(C)C(C(=O)O)c1cccc(O)c1. The summed E-state index contributed by atoms with van der Waals surface area (Å²) in [5, 5.41) is 18.4. The number of aliphatic carboxylic acids is 1. The highest BCUT2D eigenvalue weighted by atomic mass is 16.4. The van der Waals surface area contributed by atoms with Gasteiger partial charge < -0.3 is 10.2 Å². The van der Waals surface area contributed by atoms with Gasteiger partial charge in [0.25, 0.3) is 0 Å². The van der Waals surface area contributed by atoms with Crippen LogP contribution in [-0.2, 0) is 4.79 Å². The molecular formula is C12H16O3. The quantitative estimate of drug-likeness (QED) is 0.799. The Morgan fingerprint density at radius 3 is 2.60 bits per heavy atom. The molecule has 82 valence electrons. The number of hydrogen-bond acceptors (Lipinski definition) is 2. The number of hydrogen-bond donors (Lipinski definition) is 2. The largest absolute Gasteiger partial charge is 0.508 e. The minimum atomic E-state index is -0.838. The van der Waals surface area contributed by atoms with Crippen LogP contribution in [0, 0.1) is 5.92 Å². The van der Waals surface area contributed by atoms with Gasteiger partial charge in [-0.05, 0) is 23.6 Å². The molecule has 0 radical (unpaired) electrons. The molecule has 3 heteroatoms. The van der Waals surface area contributed by atoms with Crippen LogP contribution < -0.4 is 0 Å². The Morgan fingerprint density at radius 1 is 1.47 bits per heavy atom. The lowest BCUT2D eigenvalue weighted by Crippen LogP contribution is -2.18. The van der Waals surface area contributed by atoms with Crippen molar-refractivity contribution in [1.82, 2.24) is 0 Å². The fraction of sp³-hybridized carbons (Fsp3) is 0.417. The fourth-order valence-electron chi connectivity index (χ4n) is 1.67. The van der Waals surface area contributed by atoms with Gasteiger partial charge in [0.2, 0.25) is 0 Å². The topological polar surface area (TPSA) is 57.5 Å². The van der Waals surface area contributed by atoms with Crippen LogP contribution in [0.15, 0.2) is 24.3 Å². The summed E-state index contributed by atoms with van der Waals surface area (Å²) in [6.07, 6.45) is 0.798. The van der Waals surface area contributed by atoms with Gasteiger partial charge in [-0.1, -0.05) is 32.4 Å². The van der Waals surface area contributed by atoms with Crippen molar-refractivity contribution in [1.29, 1.82) is 0 Å². The van der Waals surface area contributed by atoms with Gasteiger partial charge in [0.05, 0.1) is 5.92 Å². The second-order valence-electron chi connectivity index (χ2n) is 3.80. The van der Waals surface area contributed by atoms with Crippen LogP contribution in [0.2, 0.25) is 0 Å². The van der Waals surface area contributed by atoms with Crippen molar-refractivity contribution in [2.24, 2.45) is 5.92 Å². The first-order valence-electron chi connectivity index (χ1n) is 5.08. The summed E-state index contributed by atoms with van der Waals surface area (Å²) < 4.78 is 0.